The zero-order valence-electron chi connectivity index (χ0n) is 16.7. The molecule has 1 N–H and O–H groups in total. The molecule has 1 aliphatic rings. The molecule has 7 heteroatoms. The standard InChI is InChI=1S/C23H23ClN4OS/c1-28(14-16-5-3-2-4-6-16)21-13-20(24)26-23(27-21)30-15-17-7-9-18(10-8-17)22(29)25-19-11-12-19/h2-10,13,19H,11-12,14-15H2,1H3,(H,25,29). The van der Waals surface area contributed by atoms with Crippen molar-refractivity contribution in [1.82, 2.24) is 15.3 Å². The van der Waals surface area contributed by atoms with E-state index in [1.807, 2.05) is 49.5 Å². The van der Waals surface area contributed by atoms with Crippen LogP contribution < -0.4 is 10.2 Å². The third kappa shape index (κ3) is 5.74. The predicted molar refractivity (Wildman–Crippen MR) is 122 cm³/mol. The van der Waals surface area contributed by atoms with Crippen LogP contribution in [0.3, 0.4) is 0 Å². The number of amides is 1. The summed E-state index contributed by atoms with van der Waals surface area (Å²) in [6, 6.07) is 20.1. The number of thioether (sulfide) groups is 1. The number of nitrogens with one attached hydrogen (secondary N) is 1. The van der Waals surface area contributed by atoms with Gasteiger partial charge in [0.15, 0.2) is 5.16 Å². The Kier molecular flexibility index (Phi) is 6.55. The number of rotatable bonds is 8. The number of hydrogen-bond acceptors (Lipinski definition) is 5. The van der Waals surface area contributed by atoms with E-state index in [9.17, 15) is 4.79 Å². The third-order valence-corrected chi connectivity index (χ3v) is 5.92. The minimum Gasteiger partial charge on any atom is -0.355 e. The Morgan fingerprint density at radius 3 is 2.53 bits per heavy atom. The normalized spacial score (nSPS) is 13.1. The molecule has 1 saturated carbocycles. The zero-order chi connectivity index (χ0) is 20.9. The molecule has 3 aromatic rings. The number of nitrogens with zero attached hydrogens (tertiary/aromatic N) is 3. The van der Waals surface area contributed by atoms with Crippen LogP contribution in [0, 0.1) is 0 Å². The Balaban J connectivity index is 1.37. The molecule has 1 amide bonds. The SMILES string of the molecule is CN(Cc1ccccc1)c1cc(Cl)nc(SCc2ccc(C(=O)NC3CC3)cc2)n1. The fourth-order valence-electron chi connectivity index (χ4n) is 2.98. The molecule has 1 aliphatic carbocycles. The molecule has 2 aromatic carbocycles. The second kappa shape index (κ2) is 9.49. The minimum absolute atomic E-state index is 0.000901. The molecule has 5 nitrogen and oxygen atoms in total. The molecular formula is C23H23ClN4OS. The molecule has 1 fully saturated rings. The van der Waals surface area contributed by atoms with E-state index in [1.165, 1.54) is 17.3 Å². The van der Waals surface area contributed by atoms with Gasteiger partial charge in [-0.3, -0.25) is 4.79 Å². The van der Waals surface area contributed by atoms with Crippen LogP contribution in [0.1, 0.15) is 34.3 Å². The topological polar surface area (TPSA) is 58.1 Å². The Bertz CT molecular complexity index is 1010. The van der Waals surface area contributed by atoms with Crippen molar-refractivity contribution < 1.29 is 4.79 Å². The van der Waals surface area contributed by atoms with Crippen molar-refractivity contribution in [1.29, 1.82) is 0 Å². The van der Waals surface area contributed by atoms with Crippen molar-refractivity contribution in [2.45, 2.75) is 36.3 Å². The molecule has 0 aliphatic heterocycles. The summed E-state index contributed by atoms with van der Waals surface area (Å²) in [6.45, 7) is 0.739. The monoisotopic (exact) mass is 438 g/mol. The summed E-state index contributed by atoms with van der Waals surface area (Å²) in [7, 11) is 1.99. The van der Waals surface area contributed by atoms with Gasteiger partial charge in [-0.1, -0.05) is 65.8 Å². The Labute approximate surface area is 185 Å². The van der Waals surface area contributed by atoms with Gasteiger partial charge in [-0.15, -0.1) is 0 Å². The number of carbonyl (C=O) groups excluding carboxylic acids is 1. The van der Waals surface area contributed by atoms with Crippen molar-refractivity contribution in [3.05, 3.63) is 82.5 Å². The number of carbonyl (C=O) groups is 1. The molecule has 30 heavy (non-hydrogen) atoms. The summed E-state index contributed by atoms with van der Waals surface area (Å²) >= 11 is 7.77. The summed E-state index contributed by atoms with van der Waals surface area (Å²) < 4.78 is 0. The van der Waals surface area contributed by atoms with Crippen molar-refractivity contribution in [3.8, 4) is 0 Å². The Morgan fingerprint density at radius 1 is 1.10 bits per heavy atom. The van der Waals surface area contributed by atoms with Gasteiger partial charge in [0, 0.05) is 37.0 Å². The summed E-state index contributed by atoms with van der Waals surface area (Å²) in [5.41, 5.74) is 3.00. The van der Waals surface area contributed by atoms with Gasteiger partial charge in [0.2, 0.25) is 0 Å². The number of halogens is 1. The molecule has 0 atom stereocenters. The van der Waals surface area contributed by atoms with Crippen molar-refractivity contribution >= 4 is 35.1 Å². The summed E-state index contributed by atoms with van der Waals surface area (Å²) in [4.78, 5) is 23.2. The average molecular weight is 439 g/mol. The molecule has 154 valence electrons. The van der Waals surface area contributed by atoms with Gasteiger partial charge >= 0.3 is 0 Å². The first-order valence-corrected chi connectivity index (χ1v) is 11.3. The Hall–Kier alpha value is -2.57. The second-order valence-electron chi connectivity index (χ2n) is 7.41. The fraction of sp³-hybridized carbons (Fsp3) is 0.261. The third-order valence-electron chi connectivity index (χ3n) is 4.81. The lowest BCUT2D eigenvalue weighted by Gasteiger charge is -2.19. The maximum absolute atomic E-state index is 12.1. The number of benzene rings is 2. The largest absolute Gasteiger partial charge is 0.355 e. The molecule has 4 rings (SSSR count). The van der Waals surface area contributed by atoms with Gasteiger partial charge < -0.3 is 10.2 Å². The van der Waals surface area contributed by atoms with Gasteiger partial charge in [0.1, 0.15) is 11.0 Å². The molecule has 1 heterocycles. The van der Waals surface area contributed by atoms with Gasteiger partial charge in [0.05, 0.1) is 0 Å². The highest BCUT2D eigenvalue weighted by Gasteiger charge is 2.23. The van der Waals surface area contributed by atoms with Gasteiger partial charge in [-0.05, 0) is 36.1 Å². The Morgan fingerprint density at radius 2 is 1.83 bits per heavy atom. The van der Waals surface area contributed by atoms with Crippen LogP contribution in [0.2, 0.25) is 5.15 Å². The van der Waals surface area contributed by atoms with Gasteiger partial charge in [0.25, 0.3) is 5.91 Å². The van der Waals surface area contributed by atoms with E-state index in [-0.39, 0.29) is 5.91 Å². The van der Waals surface area contributed by atoms with E-state index in [0.29, 0.717) is 27.7 Å². The summed E-state index contributed by atoms with van der Waals surface area (Å²) in [5, 5.41) is 4.06. The van der Waals surface area contributed by atoms with E-state index in [0.717, 1.165) is 30.8 Å². The first kappa shape index (κ1) is 20.7. The van der Waals surface area contributed by atoms with Crippen LogP contribution in [0.5, 0.6) is 0 Å². The first-order chi connectivity index (χ1) is 14.6. The fourth-order valence-corrected chi connectivity index (χ4v) is 4.02. The molecule has 0 saturated heterocycles. The highest BCUT2D eigenvalue weighted by Crippen LogP contribution is 2.25. The van der Waals surface area contributed by atoms with E-state index in [2.05, 4.69) is 32.3 Å². The van der Waals surface area contributed by atoms with Crippen LogP contribution >= 0.6 is 23.4 Å². The highest BCUT2D eigenvalue weighted by molar-refractivity contribution is 7.98. The van der Waals surface area contributed by atoms with Crippen molar-refractivity contribution in [2.75, 3.05) is 11.9 Å². The number of aromatic nitrogens is 2. The predicted octanol–water partition coefficient (Wildman–Crippen LogP) is 4.95. The smallest absolute Gasteiger partial charge is 0.251 e. The number of anilines is 1. The quantitative estimate of drug-likeness (QED) is 0.306. The van der Waals surface area contributed by atoms with Crippen LogP contribution in [-0.2, 0) is 12.3 Å². The van der Waals surface area contributed by atoms with E-state index < -0.39 is 0 Å². The lowest BCUT2D eigenvalue weighted by Crippen LogP contribution is -2.25. The van der Waals surface area contributed by atoms with Crippen LogP contribution in [0.15, 0.2) is 65.8 Å². The second-order valence-corrected chi connectivity index (χ2v) is 8.74. The van der Waals surface area contributed by atoms with E-state index >= 15 is 0 Å². The van der Waals surface area contributed by atoms with Crippen molar-refractivity contribution in [3.63, 3.8) is 0 Å². The number of hydrogen-bond donors (Lipinski definition) is 1. The molecule has 0 unspecified atom stereocenters. The maximum Gasteiger partial charge on any atom is 0.251 e. The lowest BCUT2D eigenvalue weighted by molar-refractivity contribution is 0.0951. The molecule has 1 aromatic heterocycles. The highest BCUT2D eigenvalue weighted by atomic mass is 35.5. The molecule has 0 radical (unpaired) electrons. The minimum atomic E-state index is 0.000901. The van der Waals surface area contributed by atoms with Crippen LogP contribution in [-0.4, -0.2) is 29.0 Å². The first-order valence-electron chi connectivity index (χ1n) is 9.89. The van der Waals surface area contributed by atoms with E-state index in [1.54, 1.807) is 6.07 Å². The zero-order valence-corrected chi connectivity index (χ0v) is 18.3. The van der Waals surface area contributed by atoms with Gasteiger partial charge in [-0.2, -0.15) is 0 Å². The van der Waals surface area contributed by atoms with Crippen molar-refractivity contribution in [2.24, 2.45) is 0 Å². The van der Waals surface area contributed by atoms with Gasteiger partial charge in [-0.25, -0.2) is 9.97 Å². The molecule has 0 spiro atoms. The van der Waals surface area contributed by atoms with E-state index in [4.69, 9.17) is 11.6 Å². The average Bonchev–Trinajstić information content (AvgIpc) is 3.57. The maximum atomic E-state index is 12.1. The summed E-state index contributed by atoms with van der Waals surface area (Å²) in [6.07, 6.45) is 2.17. The molecular weight excluding hydrogens is 416 g/mol. The van der Waals surface area contributed by atoms with Crippen LogP contribution in [0.4, 0.5) is 5.82 Å². The molecule has 0 bridgehead atoms. The summed E-state index contributed by atoms with van der Waals surface area (Å²) in [5.74, 6) is 1.49. The lowest BCUT2D eigenvalue weighted by atomic mass is 10.1. The van der Waals surface area contributed by atoms with Crippen LogP contribution in [0.25, 0.3) is 0 Å².